The molecule has 7 heteroatoms. The molecule has 1 amide bonds. The first-order valence-electron chi connectivity index (χ1n) is 5.70. The maximum atomic E-state index is 11.6. The molecule has 0 radical (unpaired) electrons. The van der Waals surface area contributed by atoms with Gasteiger partial charge in [0.2, 0.25) is 5.91 Å². The van der Waals surface area contributed by atoms with Crippen LogP contribution in [0.4, 0.5) is 5.69 Å². The van der Waals surface area contributed by atoms with Crippen LogP contribution in [-0.4, -0.2) is 40.5 Å². The van der Waals surface area contributed by atoms with Gasteiger partial charge in [-0.05, 0) is 18.4 Å². The molecule has 1 atom stereocenters. The van der Waals surface area contributed by atoms with Crippen LogP contribution in [0.15, 0.2) is 36.4 Å². The van der Waals surface area contributed by atoms with Crippen molar-refractivity contribution in [3.8, 4) is 0 Å². The van der Waals surface area contributed by atoms with Gasteiger partial charge in [0.05, 0.1) is 23.3 Å². The van der Waals surface area contributed by atoms with E-state index in [4.69, 9.17) is 11.6 Å². The summed E-state index contributed by atoms with van der Waals surface area (Å²) in [6.07, 6.45) is 7.15. The number of anilines is 1. The number of alkyl halides is 1. The van der Waals surface area contributed by atoms with Crippen molar-refractivity contribution in [3.63, 3.8) is 0 Å². The molecule has 19 heavy (non-hydrogen) atoms. The molecule has 1 N–H and O–H groups in total. The van der Waals surface area contributed by atoms with Gasteiger partial charge in [0.1, 0.15) is 5.50 Å². The third-order valence-electron chi connectivity index (χ3n) is 2.66. The van der Waals surface area contributed by atoms with Gasteiger partial charge >= 0.3 is 0 Å². The number of carbonyl (C=O) groups excluding carboxylic acids is 1. The van der Waals surface area contributed by atoms with Gasteiger partial charge in [0.15, 0.2) is 0 Å². The molecule has 1 aliphatic rings. The van der Waals surface area contributed by atoms with Crippen molar-refractivity contribution in [2.24, 2.45) is 0 Å². The lowest BCUT2D eigenvalue weighted by Crippen LogP contribution is -2.37. The Kier molecular flexibility index (Phi) is 4.68. The molecule has 0 saturated heterocycles. The summed E-state index contributed by atoms with van der Waals surface area (Å²) in [7, 11) is 1.86. The summed E-state index contributed by atoms with van der Waals surface area (Å²) in [6.45, 7) is 0. The van der Waals surface area contributed by atoms with Gasteiger partial charge in [-0.15, -0.1) is 0 Å². The second kappa shape index (κ2) is 6.27. The first kappa shape index (κ1) is 14.2. The fourth-order valence-corrected chi connectivity index (χ4v) is 2.30. The molecule has 1 aliphatic heterocycles. The number of nitrogens with one attached hydrogen (secondary N) is 1. The summed E-state index contributed by atoms with van der Waals surface area (Å²) < 4.78 is 0. The third kappa shape index (κ3) is 3.20. The predicted octanol–water partition coefficient (Wildman–Crippen LogP) is 1.63. The van der Waals surface area contributed by atoms with Crippen LogP contribution in [0.3, 0.4) is 0 Å². The van der Waals surface area contributed by atoms with E-state index in [1.165, 1.54) is 11.8 Å². The number of carbonyl (C=O) groups is 1. The van der Waals surface area contributed by atoms with Crippen molar-refractivity contribution < 1.29 is 4.79 Å². The van der Waals surface area contributed by atoms with Crippen LogP contribution in [0.5, 0.6) is 0 Å². The number of pyridine rings is 1. The standard InChI is InChI=1S/C12H15ClN4OS/c1-16-12(13)10(15-11(18)8-19-2)7-17(16)9-4-3-5-14-6-9/h3-7,12H,8H2,1-2H3,(H,15,18). The summed E-state index contributed by atoms with van der Waals surface area (Å²) in [5.41, 5.74) is 1.17. The smallest absolute Gasteiger partial charge is 0.234 e. The molecule has 1 unspecified atom stereocenters. The minimum Gasteiger partial charge on any atom is -0.325 e. The van der Waals surface area contributed by atoms with E-state index < -0.39 is 5.50 Å². The highest BCUT2D eigenvalue weighted by Gasteiger charge is 2.30. The molecule has 1 aromatic heterocycles. The average molecular weight is 299 g/mol. The molecule has 1 aromatic rings. The second-order valence-electron chi connectivity index (χ2n) is 4.03. The van der Waals surface area contributed by atoms with E-state index in [1.807, 2.05) is 41.7 Å². The number of nitrogens with zero attached hydrogens (tertiary/aromatic N) is 3. The fourth-order valence-electron chi connectivity index (χ4n) is 1.76. The number of aromatic nitrogens is 1. The van der Waals surface area contributed by atoms with Crippen LogP contribution in [-0.2, 0) is 4.79 Å². The average Bonchev–Trinajstić information content (AvgIpc) is 2.68. The zero-order valence-corrected chi connectivity index (χ0v) is 12.3. The van der Waals surface area contributed by atoms with E-state index in [2.05, 4.69) is 10.3 Å². The molecule has 2 heterocycles. The molecule has 0 fully saturated rings. The number of rotatable bonds is 4. The number of thioether (sulfide) groups is 1. The monoisotopic (exact) mass is 298 g/mol. The summed E-state index contributed by atoms with van der Waals surface area (Å²) in [5, 5.41) is 6.51. The minimum atomic E-state index is -0.397. The molecular formula is C12H15ClN4OS. The number of hydrogen-bond donors (Lipinski definition) is 1. The van der Waals surface area contributed by atoms with E-state index >= 15 is 0 Å². The number of hydrogen-bond acceptors (Lipinski definition) is 5. The van der Waals surface area contributed by atoms with Gasteiger partial charge in [-0.25, -0.2) is 0 Å². The molecular weight excluding hydrogens is 284 g/mol. The lowest BCUT2D eigenvalue weighted by Gasteiger charge is -2.26. The zero-order chi connectivity index (χ0) is 13.8. The van der Waals surface area contributed by atoms with E-state index in [9.17, 15) is 4.79 Å². The van der Waals surface area contributed by atoms with Gasteiger partial charge in [0, 0.05) is 19.4 Å². The Morgan fingerprint density at radius 2 is 2.42 bits per heavy atom. The van der Waals surface area contributed by atoms with Gasteiger partial charge in [-0.1, -0.05) is 11.6 Å². The van der Waals surface area contributed by atoms with Crippen LogP contribution in [0, 0.1) is 0 Å². The summed E-state index contributed by atoms with van der Waals surface area (Å²) in [5.74, 6) is 0.364. The Hall–Kier alpha value is -1.24. The molecule has 0 aromatic carbocycles. The van der Waals surface area contributed by atoms with Crippen LogP contribution in [0.2, 0.25) is 0 Å². The number of hydrazine groups is 1. The largest absolute Gasteiger partial charge is 0.325 e. The Morgan fingerprint density at radius 1 is 1.63 bits per heavy atom. The van der Waals surface area contributed by atoms with Crippen LogP contribution in [0.1, 0.15) is 0 Å². The highest BCUT2D eigenvalue weighted by atomic mass is 35.5. The Bertz CT molecular complexity index is 482. The van der Waals surface area contributed by atoms with E-state index in [0.29, 0.717) is 11.4 Å². The molecule has 0 bridgehead atoms. The second-order valence-corrected chi connectivity index (χ2v) is 5.31. The van der Waals surface area contributed by atoms with E-state index in [-0.39, 0.29) is 5.91 Å². The Labute approximate surface area is 121 Å². The molecule has 0 aliphatic carbocycles. The summed E-state index contributed by atoms with van der Waals surface area (Å²) in [6, 6.07) is 3.78. The maximum Gasteiger partial charge on any atom is 0.234 e. The highest BCUT2D eigenvalue weighted by molar-refractivity contribution is 7.99. The van der Waals surface area contributed by atoms with E-state index in [0.717, 1.165) is 5.69 Å². The van der Waals surface area contributed by atoms with Crippen molar-refractivity contribution >= 4 is 35.0 Å². The zero-order valence-electron chi connectivity index (χ0n) is 10.7. The first-order chi connectivity index (χ1) is 9.13. The summed E-state index contributed by atoms with van der Waals surface area (Å²) in [4.78, 5) is 15.7. The SMILES string of the molecule is CSCC(=O)NC1=CN(c2cccnc2)N(C)C1Cl. The maximum absolute atomic E-state index is 11.6. The Balaban J connectivity index is 2.14. The molecule has 0 saturated carbocycles. The van der Waals surface area contributed by atoms with Gasteiger partial charge in [-0.3, -0.25) is 14.8 Å². The normalized spacial score (nSPS) is 19.4. The third-order valence-corrected chi connectivity index (χ3v) is 3.72. The molecule has 0 spiro atoms. The topological polar surface area (TPSA) is 48.5 Å². The summed E-state index contributed by atoms with van der Waals surface area (Å²) >= 11 is 7.76. The van der Waals surface area contributed by atoms with Crippen molar-refractivity contribution in [1.29, 1.82) is 0 Å². The predicted molar refractivity (Wildman–Crippen MR) is 78.7 cm³/mol. The van der Waals surface area contributed by atoms with Crippen LogP contribution >= 0.6 is 23.4 Å². The lowest BCUT2D eigenvalue weighted by molar-refractivity contribution is -0.117. The minimum absolute atomic E-state index is 0.0502. The van der Waals surface area contributed by atoms with Crippen molar-refractivity contribution in [1.82, 2.24) is 15.3 Å². The van der Waals surface area contributed by atoms with Crippen LogP contribution in [0.25, 0.3) is 0 Å². The molecule has 102 valence electrons. The first-order valence-corrected chi connectivity index (χ1v) is 7.53. The van der Waals surface area contributed by atoms with Crippen molar-refractivity contribution in [2.75, 3.05) is 24.1 Å². The number of likely N-dealkylation sites (N-methyl/N-ethyl adjacent to an activating group) is 1. The van der Waals surface area contributed by atoms with Gasteiger partial charge in [-0.2, -0.15) is 16.8 Å². The Morgan fingerprint density at radius 3 is 3.05 bits per heavy atom. The number of amides is 1. The van der Waals surface area contributed by atoms with Crippen molar-refractivity contribution in [3.05, 3.63) is 36.4 Å². The van der Waals surface area contributed by atoms with Gasteiger partial charge in [0.25, 0.3) is 0 Å². The lowest BCUT2D eigenvalue weighted by atomic mass is 10.4. The van der Waals surface area contributed by atoms with E-state index in [1.54, 1.807) is 12.4 Å². The van der Waals surface area contributed by atoms with Crippen LogP contribution < -0.4 is 10.3 Å². The van der Waals surface area contributed by atoms with Gasteiger partial charge < -0.3 is 5.32 Å². The molecule has 2 rings (SSSR count). The molecule has 5 nitrogen and oxygen atoms in total. The van der Waals surface area contributed by atoms with Crippen molar-refractivity contribution in [2.45, 2.75) is 5.50 Å². The highest BCUT2D eigenvalue weighted by Crippen LogP contribution is 2.27. The number of halogens is 1. The quantitative estimate of drug-likeness (QED) is 0.676. The fraction of sp³-hybridized carbons (Fsp3) is 0.333.